The largest absolute Gasteiger partial charge is 0.481 e. The Labute approximate surface area is 133 Å². The molecule has 0 aromatic carbocycles. The van der Waals surface area contributed by atoms with Crippen molar-refractivity contribution in [1.82, 2.24) is 15.2 Å². The summed E-state index contributed by atoms with van der Waals surface area (Å²) in [5.41, 5.74) is 0.976. The number of hydrogen-bond donors (Lipinski definition) is 2. The van der Waals surface area contributed by atoms with Crippen LogP contribution < -0.4 is 5.32 Å². The second-order valence-corrected chi connectivity index (χ2v) is 7.10. The molecule has 1 aromatic heterocycles. The molecule has 1 aliphatic heterocycles. The van der Waals surface area contributed by atoms with Gasteiger partial charge >= 0.3 is 12.0 Å². The van der Waals surface area contributed by atoms with E-state index in [4.69, 9.17) is 5.11 Å². The van der Waals surface area contributed by atoms with Gasteiger partial charge in [0.1, 0.15) is 5.01 Å². The predicted molar refractivity (Wildman–Crippen MR) is 82.8 cm³/mol. The van der Waals surface area contributed by atoms with Crippen LogP contribution >= 0.6 is 11.3 Å². The minimum atomic E-state index is -0.813. The zero-order chi connectivity index (χ0) is 15.7. The number of rotatable bonds is 4. The number of aliphatic carboxylic acids is 1. The van der Waals surface area contributed by atoms with Crippen LogP contribution in [0.1, 0.15) is 42.4 Å². The molecule has 22 heavy (non-hydrogen) atoms. The molecule has 2 unspecified atom stereocenters. The van der Waals surface area contributed by atoms with Crippen molar-refractivity contribution in [3.8, 4) is 0 Å². The Morgan fingerprint density at radius 2 is 2.23 bits per heavy atom. The average molecular weight is 323 g/mol. The summed E-state index contributed by atoms with van der Waals surface area (Å²) in [7, 11) is 0. The van der Waals surface area contributed by atoms with Crippen molar-refractivity contribution >= 4 is 23.3 Å². The molecule has 2 heterocycles. The lowest BCUT2D eigenvalue weighted by Gasteiger charge is -2.32. The highest BCUT2D eigenvalue weighted by molar-refractivity contribution is 7.09. The van der Waals surface area contributed by atoms with E-state index in [1.807, 2.05) is 12.3 Å². The molecule has 2 atom stereocenters. The van der Waals surface area contributed by atoms with Gasteiger partial charge in [-0.3, -0.25) is 4.79 Å². The van der Waals surface area contributed by atoms with E-state index >= 15 is 0 Å². The van der Waals surface area contributed by atoms with Crippen molar-refractivity contribution < 1.29 is 14.7 Å². The number of nitrogens with zero attached hydrogens (tertiary/aromatic N) is 2. The Hall–Kier alpha value is -1.63. The molecule has 2 amide bonds. The molecule has 1 saturated heterocycles. The molecule has 120 valence electrons. The van der Waals surface area contributed by atoms with Gasteiger partial charge in [0.05, 0.1) is 12.0 Å². The summed E-state index contributed by atoms with van der Waals surface area (Å²) in [4.78, 5) is 29.8. The Morgan fingerprint density at radius 3 is 2.82 bits per heavy atom. The van der Waals surface area contributed by atoms with E-state index in [2.05, 4.69) is 10.3 Å². The quantitative estimate of drug-likeness (QED) is 0.891. The van der Waals surface area contributed by atoms with Crippen molar-refractivity contribution in [1.29, 1.82) is 0 Å². The first-order valence-corrected chi connectivity index (χ1v) is 8.63. The van der Waals surface area contributed by atoms with Crippen LogP contribution in [0.5, 0.6) is 0 Å². The summed E-state index contributed by atoms with van der Waals surface area (Å²) < 4.78 is 0. The number of hydrogen-bond acceptors (Lipinski definition) is 4. The first-order chi connectivity index (χ1) is 10.5. The van der Waals surface area contributed by atoms with Crippen LogP contribution in [-0.4, -0.2) is 40.1 Å². The predicted octanol–water partition coefficient (Wildman–Crippen LogP) is 2.41. The van der Waals surface area contributed by atoms with Crippen LogP contribution in [0.25, 0.3) is 0 Å². The monoisotopic (exact) mass is 323 g/mol. The van der Waals surface area contributed by atoms with Crippen LogP contribution in [0.15, 0.2) is 5.38 Å². The van der Waals surface area contributed by atoms with E-state index in [0.29, 0.717) is 25.4 Å². The molecule has 6 nitrogen and oxygen atoms in total. The molecule has 3 rings (SSSR count). The van der Waals surface area contributed by atoms with Gasteiger partial charge < -0.3 is 15.3 Å². The summed E-state index contributed by atoms with van der Waals surface area (Å²) in [6.07, 6.45) is 3.62. The van der Waals surface area contributed by atoms with E-state index in [0.717, 1.165) is 30.0 Å². The van der Waals surface area contributed by atoms with Crippen molar-refractivity contribution in [2.45, 2.75) is 38.6 Å². The first-order valence-electron chi connectivity index (χ1n) is 7.75. The average Bonchev–Trinajstić information content (AvgIpc) is 3.26. The lowest BCUT2D eigenvalue weighted by molar-refractivity contribution is -0.143. The zero-order valence-electron chi connectivity index (χ0n) is 12.6. The van der Waals surface area contributed by atoms with Crippen molar-refractivity contribution in [3.05, 3.63) is 16.1 Å². The van der Waals surface area contributed by atoms with Crippen LogP contribution in [-0.2, 0) is 4.79 Å². The number of aryl methyl sites for hydroxylation is 1. The van der Waals surface area contributed by atoms with Gasteiger partial charge in [-0.2, -0.15) is 0 Å². The summed E-state index contributed by atoms with van der Waals surface area (Å²) in [5, 5.41) is 15.2. The summed E-state index contributed by atoms with van der Waals surface area (Å²) in [6, 6.07) is -0.188. The summed E-state index contributed by atoms with van der Waals surface area (Å²) >= 11 is 1.58. The third kappa shape index (κ3) is 3.40. The Kier molecular flexibility index (Phi) is 4.33. The SMILES string of the molecule is Cc1csc(C(NC(=O)N2CCCC(C(=O)O)C2)C2CC2)n1. The third-order valence-corrected chi connectivity index (χ3v) is 5.38. The minimum Gasteiger partial charge on any atom is -0.481 e. The fourth-order valence-electron chi connectivity index (χ4n) is 2.91. The molecular weight excluding hydrogens is 302 g/mol. The number of carbonyl (C=O) groups excluding carboxylic acids is 1. The van der Waals surface area contributed by atoms with Gasteiger partial charge in [-0.05, 0) is 38.5 Å². The molecule has 1 aromatic rings. The van der Waals surface area contributed by atoms with Gasteiger partial charge in [0.25, 0.3) is 0 Å². The highest BCUT2D eigenvalue weighted by Gasteiger charge is 2.37. The number of piperidine rings is 1. The second-order valence-electron chi connectivity index (χ2n) is 6.22. The van der Waals surface area contributed by atoms with Crippen LogP contribution in [0.2, 0.25) is 0 Å². The maximum atomic E-state index is 12.5. The van der Waals surface area contributed by atoms with Gasteiger partial charge in [-0.1, -0.05) is 0 Å². The minimum absolute atomic E-state index is 0.0311. The van der Waals surface area contributed by atoms with Gasteiger partial charge in [0, 0.05) is 24.2 Å². The number of carbonyl (C=O) groups is 2. The standard InChI is InChI=1S/C15H21N3O3S/c1-9-8-22-13(16-9)12(10-4-5-10)17-15(21)18-6-2-3-11(7-18)14(19)20/h8,10-12H,2-7H2,1H3,(H,17,21)(H,19,20). The van der Waals surface area contributed by atoms with Crippen LogP contribution in [0, 0.1) is 18.8 Å². The van der Waals surface area contributed by atoms with E-state index in [9.17, 15) is 9.59 Å². The molecule has 2 aliphatic rings. The maximum Gasteiger partial charge on any atom is 0.317 e. The molecule has 2 N–H and O–H groups in total. The smallest absolute Gasteiger partial charge is 0.317 e. The van der Waals surface area contributed by atoms with E-state index in [1.54, 1.807) is 16.2 Å². The molecule has 2 fully saturated rings. The van der Waals surface area contributed by atoms with Crippen molar-refractivity contribution in [2.24, 2.45) is 11.8 Å². The third-order valence-electron chi connectivity index (χ3n) is 4.33. The fourth-order valence-corrected chi connectivity index (χ4v) is 3.85. The van der Waals surface area contributed by atoms with Gasteiger partial charge in [-0.25, -0.2) is 9.78 Å². The topological polar surface area (TPSA) is 82.5 Å². The molecule has 0 spiro atoms. The second kappa shape index (κ2) is 6.24. The van der Waals surface area contributed by atoms with Gasteiger partial charge in [0.15, 0.2) is 0 Å². The highest BCUT2D eigenvalue weighted by Crippen LogP contribution is 2.42. The number of carboxylic acids is 1. The molecule has 0 radical (unpaired) electrons. The number of thiazole rings is 1. The van der Waals surface area contributed by atoms with Crippen molar-refractivity contribution in [2.75, 3.05) is 13.1 Å². The van der Waals surface area contributed by atoms with Crippen LogP contribution in [0.4, 0.5) is 4.79 Å². The first kappa shape index (κ1) is 15.3. The maximum absolute atomic E-state index is 12.5. The number of aromatic nitrogens is 1. The zero-order valence-corrected chi connectivity index (χ0v) is 13.4. The fraction of sp³-hybridized carbons (Fsp3) is 0.667. The molecule has 1 saturated carbocycles. The van der Waals surface area contributed by atoms with Gasteiger partial charge in [0.2, 0.25) is 0 Å². The Bertz CT molecular complexity index is 570. The van der Waals surface area contributed by atoms with E-state index in [-0.39, 0.29) is 12.1 Å². The molecule has 7 heteroatoms. The number of likely N-dealkylation sites (tertiary alicyclic amines) is 1. The van der Waals surface area contributed by atoms with E-state index in [1.165, 1.54) is 0 Å². The van der Waals surface area contributed by atoms with E-state index < -0.39 is 11.9 Å². The Balaban J connectivity index is 1.65. The number of carboxylic acid groups (broad SMARTS) is 1. The highest BCUT2D eigenvalue weighted by atomic mass is 32.1. The molecule has 1 aliphatic carbocycles. The van der Waals surface area contributed by atoms with Crippen LogP contribution in [0.3, 0.4) is 0 Å². The number of amides is 2. The Morgan fingerprint density at radius 1 is 1.45 bits per heavy atom. The molecular formula is C15H21N3O3S. The van der Waals surface area contributed by atoms with Gasteiger partial charge in [-0.15, -0.1) is 11.3 Å². The summed E-state index contributed by atoms with van der Waals surface area (Å²) in [6.45, 7) is 2.88. The molecule has 0 bridgehead atoms. The number of nitrogens with one attached hydrogen (secondary N) is 1. The lowest BCUT2D eigenvalue weighted by atomic mass is 9.99. The number of urea groups is 1. The normalized spacial score (nSPS) is 23.1. The van der Waals surface area contributed by atoms with Crippen molar-refractivity contribution in [3.63, 3.8) is 0 Å². The lowest BCUT2D eigenvalue weighted by Crippen LogP contribution is -2.48. The summed E-state index contributed by atoms with van der Waals surface area (Å²) in [5.74, 6) is -0.790.